The number of fused-ring (bicyclic) bond motifs is 1. The molecule has 174 valence electrons. The molecule has 6 heterocycles. The summed E-state index contributed by atoms with van der Waals surface area (Å²) >= 11 is 0. The summed E-state index contributed by atoms with van der Waals surface area (Å²) in [5.41, 5.74) is 4.98. The van der Waals surface area contributed by atoms with Crippen LogP contribution in [0.2, 0.25) is 0 Å². The Kier molecular flexibility index (Phi) is 5.28. The summed E-state index contributed by atoms with van der Waals surface area (Å²) in [4.78, 5) is 34.0. The second-order valence-electron chi connectivity index (χ2n) is 9.26. The number of nitrogens with one attached hydrogen (secondary N) is 1. The normalized spacial score (nSPS) is 18.2. The minimum absolute atomic E-state index is 0.0848. The molecule has 0 spiro atoms. The Morgan fingerprint density at radius 3 is 1.82 bits per heavy atom. The van der Waals surface area contributed by atoms with E-state index < -0.39 is 0 Å². The van der Waals surface area contributed by atoms with Crippen LogP contribution in [0.3, 0.4) is 0 Å². The van der Waals surface area contributed by atoms with Crippen molar-refractivity contribution < 1.29 is 9.90 Å². The predicted molar refractivity (Wildman–Crippen MR) is 132 cm³/mol. The number of piperidine rings is 2. The van der Waals surface area contributed by atoms with Crippen molar-refractivity contribution in [3.63, 3.8) is 0 Å². The number of nitrogens with zero attached hydrogens (tertiary/aromatic N) is 5. The Morgan fingerprint density at radius 1 is 0.735 bits per heavy atom. The van der Waals surface area contributed by atoms with E-state index in [4.69, 9.17) is 0 Å². The Hall–Kier alpha value is -3.68. The molecule has 3 aliphatic rings. The zero-order valence-corrected chi connectivity index (χ0v) is 19.1. The number of amides is 1. The molecule has 34 heavy (non-hydrogen) atoms. The van der Waals surface area contributed by atoms with Crippen molar-refractivity contribution in [3.8, 4) is 17.3 Å². The van der Waals surface area contributed by atoms with Crippen LogP contribution in [-0.2, 0) is 0 Å². The van der Waals surface area contributed by atoms with Crippen LogP contribution in [-0.4, -0.2) is 57.9 Å². The predicted octanol–water partition coefficient (Wildman–Crippen LogP) is 4.15. The summed E-state index contributed by atoms with van der Waals surface area (Å²) in [6.07, 6.45) is 11.0. The van der Waals surface area contributed by atoms with Crippen molar-refractivity contribution in [1.29, 1.82) is 0 Å². The van der Waals surface area contributed by atoms with Gasteiger partial charge in [-0.2, -0.15) is 0 Å². The van der Waals surface area contributed by atoms with Gasteiger partial charge in [0, 0.05) is 26.2 Å². The topological polar surface area (TPSA) is 97.7 Å². The Bertz CT molecular complexity index is 1230. The molecule has 0 aliphatic carbocycles. The molecule has 0 aromatic carbocycles. The second kappa shape index (κ2) is 8.59. The van der Waals surface area contributed by atoms with Gasteiger partial charge in [-0.3, -0.25) is 14.8 Å². The van der Waals surface area contributed by atoms with Crippen molar-refractivity contribution in [3.05, 3.63) is 53.5 Å². The third-order valence-electron chi connectivity index (χ3n) is 7.08. The van der Waals surface area contributed by atoms with E-state index in [0.717, 1.165) is 37.6 Å². The summed E-state index contributed by atoms with van der Waals surface area (Å²) in [6.45, 7) is 4.16. The number of hydrogen-bond acceptors (Lipinski definition) is 6. The van der Waals surface area contributed by atoms with Crippen LogP contribution in [0.25, 0.3) is 11.4 Å². The standard InChI is InChI=1S/C26H28N6O2/c33-25-21-22(24(30-25)20-10-8-18(16-28-20)32-13-5-2-6-14-32)26(34)29-23(21)19-9-7-17(15-27-19)31-11-3-1-4-12-31/h7-10,15-16,29,34H,1-6,11-14H2. The van der Waals surface area contributed by atoms with Gasteiger partial charge >= 0.3 is 0 Å². The lowest BCUT2D eigenvalue weighted by atomic mass is 10.0. The van der Waals surface area contributed by atoms with E-state index in [0.29, 0.717) is 33.9 Å². The van der Waals surface area contributed by atoms with E-state index >= 15 is 0 Å². The Morgan fingerprint density at radius 2 is 1.29 bits per heavy atom. The zero-order valence-electron chi connectivity index (χ0n) is 19.1. The van der Waals surface area contributed by atoms with Crippen LogP contribution in [0.5, 0.6) is 5.88 Å². The molecule has 6 rings (SSSR count). The number of pyridine rings is 2. The average molecular weight is 457 g/mol. The number of rotatable bonds is 4. The molecule has 2 N–H and O–H groups in total. The largest absolute Gasteiger partial charge is 0.494 e. The van der Waals surface area contributed by atoms with E-state index in [1.807, 2.05) is 36.7 Å². The highest BCUT2D eigenvalue weighted by Gasteiger charge is 2.34. The fraction of sp³-hybridized carbons (Fsp3) is 0.385. The molecule has 3 aromatic rings. The van der Waals surface area contributed by atoms with Crippen LogP contribution >= 0.6 is 0 Å². The fourth-order valence-corrected chi connectivity index (χ4v) is 5.26. The van der Waals surface area contributed by atoms with Crippen LogP contribution in [0, 0.1) is 0 Å². The first-order chi connectivity index (χ1) is 16.7. The number of carbonyl (C=O) groups excluding carboxylic acids is 1. The van der Waals surface area contributed by atoms with Gasteiger partial charge in [-0.05, 0) is 62.8 Å². The number of aliphatic imine (C=N–C) groups is 1. The average Bonchev–Trinajstić information content (AvgIpc) is 3.43. The van der Waals surface area contributed by atoms with Crippen LogP contribution in [0.1, 0.15) is 60.1 Å². The summed E-state index contributed by atoms with van der Waals surface area (Å²) in [5, 5.41) is 10.7. The van der Waals surface area contributed by atoms with Gasteiger partial charge in [0.05, 0.1) is 52.0 Å². The number of carbonyl (C=O) groups is 1. The molecular formula is C26H28N6O2. The first-order valence-corrected chi connectivity index (χ1v) is 12.2. The number of hydrogen-bond donors (Lipinski definition) is 2. The number of aromatic hydroxyl groups is 1. The second-order valence-corrected chi connectivity index (χ2v) is 9.26. The fourth-order valence-electron chi connectivity index (χ4n) is 5.26. The van der Waals surface area contributed by atoms with E-state index in [-0.39, 0.29) is 11.8 Å². The minimum atomic E-state index is -0.389. The quantitative estimate of drug-likeness (QED) is 0.612. The molecule has 3 aliphatic heterocycles. The van der Waals surface area contributed by atoms with E-state index in [9.17, 15) is 9.90 Å². The first kappa shape index (κ1) is 20.9. The number of H-pyrrole nitrogens is 1. The first-order valence-electron chi connectivity index (χ1n) is 12.2. The molecule has 1 amide bonds. The molecular weight excluding hydrogens is 428 g/mol. The minimum Gasteiger partial charge on any atom is -0.494 e. The van der Waals surface area contributed by atoms with Crippen LogP contribution < -0.4 is 9.80 Å². The third kappa shape index (κ3) is 3.63. The summed E-state index contributed by atoms with van der Waals surface area (Å²) in [6, 6.07) is 7.82. The van der Waals surface area contributed by atoms with Crippen molar-refractivity contribution in [2.24, 2.45) is 4.99 Å². The van der Waals surface area contributed by atoms with Crippen molar-refractivity contribution >= 4 is 23.0 Å². The van der Waals surface area contributed by atoms with Gasteiger partial charge in [-0.1, -0.05) is 0 Å². The molecule has 0 saturated carbocycles. The molecule has 0 bridgehead atoms. The molecule has 3 aromatic heterocycles. The molecule has 8 heteroatoms. The van der Waals surface area contributed by atoms with Gasteiger partial charge in [-0.15, -0.1) is 0 Å². The van der Waals surface area contributed by atoms with Crippen LogP contribution in [0.15, 0.2) is 41.7 Å². The maximum Gasteiger partial charge on any atom is 0.280 e. The van der Waals surface area contributed by atoms with Crippen LogP contribution in [0.4, 0.5) is 11.4 Å². The highest BCUT2D eigenvalue weighted by Crippen LogP contribution is 2.37. The summed E-state index contributed by atoms with van der Waals surface area (Å²) in [5.74, 6) is -0.473. The Labute approximate surface area is 198 Å². The van der Waals surface area contributed by atoms with Crippen molar-refractivity contribution in [2.75, 3.05) is 36.0 Å². The summed E-state index contributed by atoms with van der Waals surface area (Å²) < 4.78 is 0. The van der Waals surface area contributed by atoms with Crippen molar-refractivity contribution in [2.45, 2.75) is 38.5 Å². The lowest BCUT2D eigenvalue weighted by Gasteiger charge is -2.28. The smallest absolute Gasteiger partial charge is 0.280 e. The van der Waals surface area contributed by atoms with Gasteiger partial charge in [0.15, 0.2) is 5.88 Å². The SMILES string of the molecule is O=C1N=C(c2ccc(N3CCCCC3)cn2)c2c(O)[nH]c(-c3ccc(N4CCCCC4)cn3)c21. The molecule has 2 saturated heterocycles. The lowest BCUT2D eigenvalue weighted by Crippen LogP contribution is -2.29. The van der Waals surface area contributed by atoms with Gasteiger partial charge in [0.25, 0.3) is 5.91 Å². The molecule has 8 nitrogen and oxygen atoms in total. The molecule has 0 unspecified atom stereocenters. The highest BCUT2D eigenvalue weighted by atomic mass is 16.3. The zero-order chi connectivity index (χ0) is 23.1. The van der Waals surface area contributed by atoms with Gasteiger partial charge in [0.1, 0.15) is 5.71 Å². The van der Waals surface area contributed by atoms with Gasteiger partial charge < -0.3 is 19.9 Å². The number of aromatic nitrogens is 3. The molecule has 0 radical (unpaired) electrons. The van der Waals surface area contributed by atoms with Crippen molar-refractivity contribution in [1.82, 2.24) is 15.0 Å². The maximum absolute atomic E-state index is 12.9. The number of aromatic amines is 1. The van der Waals surface area contributed by atoms with Gasteiger partial charge in [-0.25, -0.2) is 4.99 Å². The highest BCUT2D eigenvalue weighted by molar-refractivity contribution is 6.29. The molecule has 0 atom stereocenters. The van der Waals surface area contributed by atoms with E-state index in [2.05, 4.69) is 29.7 Å². The maximum atomic E-state index is 12.9. The third-order valence-corrected chi connectivity index (χ3v) is 7.08. The van der Waals surface area contributed by atoms with E-state index in [1.165, 1.54) is 38.5 Å². The monoisotopic (exact) mass is 456 g/mol. The Balaban J connectivity index is 1.28. The van der Waals surface area contributed by atoms with E-state index in [1.54, 1.807) is 0 Å². The molecule has 2 fully saturated rings. The summed E-state index contributed by atoms with van der Waals surface area (Å²) in [7, 11) is 0. The lowest BCUT2D eigenvalue weighted by molar-refractivity contribution is 0.101. The number of anilines is 2. The van der Waals surface area contributed by atoms with Gasteiger partial charge in [0.2, 0.25) is 0 Å².